The van der Waals surface area contributed by atoms with Crippen LogP contribution in [0.4, 0.5) is 16.0 Å². The third-order valence-corrected chi connectivity index (χ3v) is 5.26. The molecule has 0 saturated heterocycles. The summed E-state index contributed by atoms with van der Waals surface area (Å²) in [4.78, 5) is 33.1. The van der Waals surface area contributed by atoms with Gasteiger partial charge < -0.3 is 4.90 Å². The van der Waals surface area contributed by atoms with Crippen LogP contribution in [0.5, 0.6) is 0 Å². The summed E-state index contributed by atoms with van der Waals surface area (Å²) in [6.45, 7) is -0.126. The molecule has 11 heteroatoms. The summed E-state index contributed by atoms with van der Waals surface area (Å²) in [6, 6.07) is 0. The Morgan fingerprint density at radius 1 is 1.39 bits per heavy atom. The van der Waals surface area contributed by atoms with E-state index in [1.165, 1.54) is 16.7 Å². The lowest BCUT2D eigenvalue weighted by Gasteiger charge is -2.23. The Hall–Kier alpha value is -2.14. The van der Waals surface area contributed by atoms with Gasteiger partial charge in [-0.3, -0.25) is 25.6 Å². The number of carbonyl (C=O) groups excluding carboxylic acids is 2. The van der Waals surface area contributed by atoms with Gasteiger partial charge in [-0.15, -0.1) is 0 Å². The second-order valence-electron chi connectivity index (χ2n) is 7.02. The zero-order valence-electron chi connectivity index (χ0n) is 16.3. The maximum Gasteiger partial charge on any atom is 0.243 e. The summed E-state index contributed by atoms with van der Waals surface area (Å²) >= 11 is 1.25. The van der Waals surface area contributed by atoms with Crippen LogP contribution in [0.2, 0.25) is 0 Å². The number of carbonyl (C=O) groups is 2. The van der Waals surface area contributed by atoms with Crippen molar-refractivity contribution in [3.8, 4) is 0 Å². The van der Waals surface area contributed by atoms with Crippen LogP contribution < -0.4 is 15.8 Å². The fourth-order valence-corrected chi connectivity index (χ4v) is 3.65. The summed E-state index contributed by atoms with van der Waals surface area (Å²) in [7, 11) is 3.32. The Kier molecular flexibility index (Phi) is 8.24. The average molecular weight is 415 g/mol. The molecule has 1 fully saturated rings. The van der Waals surface area contributed by atoms with Crippen LogP contribution >= 0.6 is 11.8 Å². The fourth-order valence-electron chi connectivity index (χ4n) is 3.29. The first-order valence-corrected chi connectivity index (χ1v) is 10.3. The van der Waals surface area contributed by atoms with Gasteiger partial charge in [0.25, 0.3) is 0 Å². The molecule has 2 rings (SSSR count). The number of rotatable bonds is 10. The predicted molar refractivity (Wildman–Crippen MR) is 104 cm³/mol. The third-order valence-electron chi connectivity index (χ3n) is 4.72. The number of hydrogen-bond donors (Lipinski definition) is 3. The van der Waals surface area contributed by atoms with E-state index < -0.39 is 17.6 Å². The molecule has 1 aromatic heterocycles. The number of anilines is 2. The highest BCUT2D eigenvalue weighted by atomic mass is 32.2. The van der Waals surface area contributed by atoms with Gasteiger partial charge in [0.2, 0.25) is 18.1 Å². The molecular weight excluding hydrogens is 387 g/mol. The van der Waals surface area contributed by atoms with E-state index in [4.69, 9.17) is 0 Å². The van der Waals surface area contributed by atoms with E-state index in [9.17, 15) is 19.2 Å². The average Bonchev–Trinajstić information content (AvgIpc) is 3.19. The predicted octanol–water partition coefficient (Wildman–Crippen LogP) is 1.89. The number of amides is 2. The number of nitrogens with one attached hydrogen (secondary N) is 2. The molecule has 1 heterocycles. The lowest BCUT2D eigenvalue weighted by molar-refractivity contribution is -0.154. The zero-order chi connectivity index (χ0) is 20.7. The molecule has 1 aromatic rings. The van der Waals surface area contributed by atoms with Crippen LogP contribution in [-0.4, -0.2) is 59.5 Å². The monoisotopic (exact) mass is 414 g/mol. The Labute approximate surface area is 168 Å². The molecule has 1 atom stereocenters. The summed E-state index contributed by atoms with van der Waals surface area (Å²) in [5.41, 5.74) is 4.99. The molecule has 9 nitrogen and oxygen atoms in total. The normalized spacial score (nSPS) is 15.2. The molecule has 0 unspecified atom stereocenters. The third kappa shape index (κ3) is 5.93. The lowest BCUT2D eigenvalue weighted by atomic mass is 9.92. The fraction of sp³-hybridized carbons (Fsp3) is 0.647. The van der Waals surface area contributed by atoms with Crippen LogP contribution in [0.25, 0.3) is 0 Å². The summed E-state index contributed by atoms with van der Waals surface area (Å²) in [5.74, 6) is -1.43. The molecule has 28 heavy (non-hydrogen) atoms. The van der Waals surface area contributed by atoms with Crippen molar-refractivity contribution >= 4 is 35.7 Å². The highest BCUT2D eigenvalue weighted by molar-refractivity contribution is 7.98. The van der Waals surface area contributed by atoms with Gasteiger partial charge in [0.05, 0.1) is 12.5 Å². The van der Waals surface area contributed by atoms with E-state index >= 15 is 0 Å². The summed E-state index contributed by atoms with van der Waals surface area (Å²) in [5, 5.41) is 10.3. The molecule has 156 valence electrons. The second-order valence-corrected chi connectivity index (χ2v) is 7.79. The maximum absolute atomic E-state index is 14.6. The maximum atomic E-state index is 14.6. The number of halogens is 1. The van der Waals surface area contributed by atoms with E-state index in [2.05, 4.69) is 20.8 Å². The Balaban J connectivity index is 2.10. The highest BCUT2D eigenvalue weighted by Gasteiger charge is 2.27. The number of nitrogens with zero attached hydrogens (tertiary/aromatic N) is 4. The summed E-state index contributed by atoms with van der Waals surface area (Å²) in [6.07, 6.45) is 6.85. The molecule has 0 aromatic carbocycles. The second kappa shape index (κ2) is 10.4. The Bertz CT molecular complexity index is 687. The van der Waals surface area contributed by atoms with E-state index in [-0.39, 0.29) is 24.6 Å². The van der Waals surface area contributed by atoms with Gasteiger partial charge in [0.15, 0.2) is 16.8 Å². The standard InChI is InChI=1S/C17H27FN6O3S/c1-23(2)15-13(18)14(19-17(20-15)28-3)21-22-16(26)12(9-24(27)10-25)8-11-6-4-5-7-11/h10-12,27H,4-9H2,1-3H3,(H,22,26)(H,19,20,21)/t12-/m0/s1. The van der Waals surface area contributed by atoms with Gasteiger partial charge >= 0.3 is 0 Å². The van der Waals surface area contributed by atoms with Gasteiger partial charge in [-0.25, -0.2) is 15.0 Å². The molecule has 0 radical (unpaired) electrons. The molecular formula is C17H27FN6O3S. The molecule has 2 amide bonds. The van der Waals surface area contributed by atoms with Gasteiger partial charge in [-0.2, -0.15) is 4.39 Å². The van der Waals surface area contributed by atoms with Gasteiger partial charge in [-0.1, -0.05) is 37.4 Å². The number of thioether (sulfide) groups is 1. The van der Waals surface area contributed by atoms with E-state index in [1.54, 1.807) is 20.4 Å². The quantitative estimate of drug-likeness (QED) is 0.175. The van der Waals surface area contributed by atoms with Gasteiger partial charge in [0, 0.05) is 14.1 Å². The SMILES string of the molecule is CSc1nc(NNC(=O)[C@@H](CC2CCCC2)CN(O)C=O)c(F)c(N(C)C)n1. The van der Waals surface area contributed by atoms with Crippen molar-refractivity contribution < 1.29 is 19.2 Å². The minimum Gasteiger partial charge on any atom is -0.360 e. The van der Waals surface area contributed by atoms with Crippen molar-refractivity contribution in [1.82, 2.24) is 20.5 Å². The Morgan fingerprint density at radius 3 is 2.64 bits per heavy atom. The van der Waals surface area contributed by atoms with Crippen molar-refractivity contribution in [1.29, 1.82) is 0 Å². The number of hydroxylamine groups is 2. The molecule has 0 bridgehead atoms. The lowest BCUT2D eigenvalue weighted by Crippen LogP contribution is -2.41. The Morgan fingerprint density at radius 2 is 2.07 bits per heavy atom. The van der Waals surface area contributed by atoms with E-state index in [0.717, 1.165) is 25.7 Å². The molecule has 1 aliphatic carbocycles. The van der Waals surface area contributed by atoms with Crippen LogP contribution in [0.1, 0.15) is 32.1 Å². The highest BCUT2D eigenvalue weighted by Crippen LogP contribution is 2.30. The van der Waals surface area contributed by atoms with Crippen molar-refractivity contribution in [2.75, 3.05) is 37.2 Å². The van der Waals surface area contributed by atoms with E-state index in [1.807, 2.05) is 0 Å². The van der Waals surface area contributed by atoms with Crippen molar-refractivity contribution in [3.05, 3.63) is 5.82 Å². The number of hydrazine groups is 1. The van der Waals surface area contributed by atoms with Crippen LogP contribution in [0.15, 0.2) is 5.16 Å². The zero-order valence-corrected chi connectivity index (χ0v) is 17.1. The smallest absolute Gasteiger partial charge is 0.243 e. The van der Waals surface area contributed by atoms with Crippen LogP contribution in [0.3, 0.4) is 0 Å². The number of aromatic nitrogens is 2. The van der Waals surface area contributed by atoms with Crippen molar-refractivity contribution in [3.63, 3.8) is 0 Å². The molecule has 3 N–H and O–H groups in total. The molecule has 1 saturated carbocycles. The molecule has 1 aliphatic rings. The molecule has 0 aliphatic heterocycles. The largest absolute Gasteiger partial charge is 0.360 e. The first-order chi connectivity index (χ1) is 13.3. The van der Waals surface area contributed by atoms with Crippen molar-refractivity contribution in [2.24, 2.45) is 11.8 Å². The van der Waals surface area contributed by atoms with Crippen LogP contribution in [0, 0.1) is 17.7 Å². The number of hydrogen-bond acceptors (Lipinski definition) is 8. The van der Waals surface area contributed by atoms with E-state index in [0.29, 0.717) is 22.6 Å². The first-order valence-electron chi connectivity index (χ1n) is 9.11. The first kappa shape index (κ1) is 22.2. The molecule has 0 spiro atoms. The summed E-state index contributed by atoms with van der Waals surface area (Å²) < 4.78 is 14.6. The topological polar surface area (TPSA) is 111 Å². The van der Waals surface area contributed by atoms with Crippen LogP contribution in [-0.2, 0) is 9.59 Å². The minimum absolute atomic E-state index is 0.0982. The minimum atomic E-state index is -0.688. The van der Waals surface area contributed by atoms with Crippen molar-refractivity contribution in [2.45, 2.75) is 37.3 Å². The van der Waals surface area contributed by atoms with Gasteiger partial charge in [-0.05, 0) is 18.6 Å². The van der Waals surface area contributed by atoms with Gasteiger partial charge in [0.1, 0.15) is 0 Å².